The highest BCUT2D eigenvalue weighted by atomic mass is 15.2. The number of H-pyrrole nitrogens is 1. The summed E-state index contributed by atoms with van der Waals surface area (Å²) in [5.41, 5.74) is 4.00. The van der Waals surface area contributed by atoms with Crippen molar-refractivity contribution in [3.8, 4) is 0 Å². The van der Waals surface area contributed by atoms with E-state index in [-0.39, 0.29) is 0 Å². The molecule has 0 aliphatic heterocycles. The van der Waals surface area contributed by atoms with E-state index < -0.39 is 0 Å². The van der Waals surface area contributed by atoms with Crippen LogP contribution in [0.1, 0.15) is 23.5 Å². The minimum atomic E-state index is 0.702. The van der Waals surface area contributed by atoms with Crippen LogP contribution in [0.4, 0.5) is 0 Å². The van der Waals surface area contributed by atoms with Gasteiger partial charge in [-0.25, -0.2) is 0 Å². The van der Waals surface area contributed by atoms with E-state index in [1.165, 1.54) is 28.5 Å². The van der Waals surface area contributed by atoms with Crippen molar-refractivity contribution in [2.24, 2.45) is 10.9 Å². The van der Waals surface area contributed by atoms with Crippen LogP contribution in [0.25, 0.3) is 10.9 Å². The Bertz CT molecular complexity index is 881. The van der Waals surface area contributed by atoms with Crippen LogP contribution in [-0.2, 0) is 6.42 Å². The number of aromatic nitrogens is 1. The van der Waals surface area contributed by atoms with E-state index in [4.69, 9.17) is 0 Å². The maximum Gasteiger partial charge on any atom is 0.190 e. The Hall–Kier alpha value is -2.75. The minimum absolute atomic E-state index is 0.702. The quantitative estimate of drug-likeness (QED) is 0.471. The summed E-state index contributed by atoms with van der Waals surface area (Å²) in [6.07, 6.45) is 4.35. The summed E-state index contributed by atoms with van der Waals surface area (Å²) in [6, 6.07) is 19.2. The van der Waals surface area contributed by atoms with Crippen molar-refractivity contribution in [1.29, 1.82) is 0 Å². The molecule has 0 amide bonds. The molecule has 0 radical (unpaired) electrons. The minimum Gasteiger partial charge on any atom is -0.361 e. The van der Waals surface area contributed by atoms with E-state index >= 15 is 0 Å². The molecule has 4 heteroatoms. The normalized spacial score (nSPS) is 19.5. The van der Waals surface area contributed by atoms with Gasteiger partial charge < -0.3 is 15.6 Å². The molecule has 2 unspecified atom stereocenters. The van der Waals surface area contributed by atoms with Gasteiger partial charge in [-0.2, -0.15) is 0 Å². The lowest BCUT2D eigenvalue weighted by molar-refractivity contribution is 0.718. The molecule has 134 valence electrons. The Morgan fingerprint density at radius 2 is 1.88 bits per heavy atom. The first kappa shape index (κ1) is 16.7. The summed E-state index contributed by atoms with van der Waals surface area (Å²) in [4.78, 5) is 7.69. The summed E-state index contributed by atoms with van der Waals surface area (Å²) in [6.45, 7) is 1.85. The molecule has 1 saturated carbocycles. The molecule has 3 N–H and O–H groups in total. The van der Waals surface area contributed by atoms with Crippen LogP contribution in [-0.4, -0.2) is 31.1 Å². The topological polar surface area (TPSA) is 52.2 Å². The highest BCUT2D eigenvalue weighted by Gasteiger charge is 2.37. The number of aromatic amines is 1. The first-order chi connectivity index (χ1) is 12.8. The number of fused-ring (bicyclic) bond motifs is 1. The highest BCUT2D eigenvalue weighted by Crippen LogP contribution is 2.46. The van der Waals surface area contributed by atoms with Crippen LogP contribution in [0.5, 0.6) is 0 Å². The Morgan fingerprint density at radius 1 is 1.08 bits per heavy atom. The van der Waals surface area contributed by atoms with Gasteiger partial charge in [0.1, 0.15) is 0 Å². The van der Waals surface area contributed by atoms with E-state index in [1.807, 2.05) is 7.05 Å². The highest BCUT2D eigenvalue weighted by molar-refractivity contribution is 5.83. The van der Waals surface area contributed by atoms with E-state index in [2.05, 4.69) is 81.4 Å². The third kappa shape index (κ3) is 3.74. The molecule has 26 heavy (non-hydrogen) atoms. The van der Waals surface area contributed by atoms with Gasteiger partial charge in [-0.1, -0.05) is 48.5 Å². The Labute approximate surface area is 154 Å². The van der Waals surface area contributed by atoms with Crippen molar-refractivity contribution in [3.05, 3.63) is 71.9 Å². The zero-order chi connectivity index (χ0) is 17.8. The van der Waals surface area contributed by atoms with Crippen molar-refractivity contribution >= 4 is 16.9 Å². The maximum atomic E-state index is 4.35. The molecule has 1 aromatic heterocycles. The van der Waals surface area contributed by atoms with Crippen molar-refractivity contribution in [2.75, 3.05) is 20.1 Å². The Balaban J connectivity index is 1.23. The first-order valence-electron chi connectivity index (χ1n) is 9.39. The third-order valence-electron chi connectivity index (χ3n) is 5.27. The standard InChI is InChI=1S/C22H26N4/c1-23-22(26-15-18-13-20(18)16-7-3-2-4-8-16)24-12-11-17-14-25-21-10-6-5-9-19(17)21/h2-10,14,18,20,25H,11-13,15H2,1H3,(H2,23,24,26). The first-order valence-corrected chi connectivity index (χ1v) is 9.39. The summed E-state index contributed by atoms with van der Waals surface area (Å²) in [5.74, 6) is 2.31. The Morgan fingerprint density at radius 3 is 2.73 bits per heavy atom. The molecule has 0 spiro atoms. The predicted molar refractivity (Wildman–Crippen MR) is 109 cm³/mol. The number of guanidine groups is 1. The van der Waals surface area contributed by atoms with Gasteiger partial charge >= 0.3 is 0 Å². The molecule has 1 fully saturated rings. The number of nitrogens with one attached hydrogen (secondary N) is 3. The van der Waals surface area contributed by atoms with E-state index in [0.29, 0.717) is 11.8 Å². The van der Waals surface area contributed by atoms with E-state index in [0.717, 1.165) is 25.5 Å². The average molecular weight is 346 g/mol. The number of hydrogen-bond donors (Lipinski definition) is 3. The van der Waals surface area contributed by atoms with Gasteiger partial charge in [0.25, 0.3) is 0 Å². The smallest absolute Gasteiger partial charge is 0.190 e. The third-order valence-corrected chi connectivity index (χ3v) is 5.27. The predicted octanol–water partition coefficient (Wildman–Crippen LogP) is 3.68. The van der Waals surface area contributed by atoms with Crippen LogP contribution in [0.2, 0.25) is 0 Å². The number of rotatable bonds is 6. The van der Waals surface area contributed by atoms with Crippen LogP contribution in [0.3, 0.4) is 0 Å². The fourth-order valence-corrected chi connectivity index (χ4v) is 3.68. The van der Waals surface area contributed by atoms with E-state index in [9.17, 15) is 0 Å². The van der Waals surface area contributed by atoms with Gasteiger partial charge in [-0.15, -0.1) is 0 Å². The maximum absolute atomic E-state index is 4.35. The summed E-state index contributed by atoms with van der Waals surface area (Å²) >= 11 is 0. The van der Waals surface area contributed by atoms with Gasteiger partial charge in [-0.3, -0.25) is 4.99 Å². The molecule has 4 nitrogen and oxygen atoms in total. The van der Waals surface area contributed by atoms with Crippen LogP contribution < -0.4 is 10.6 Å². The number of benzene rings is 2. The fourth-order valence-electron chi connectivity index (χ4n) is 3.68. The lowest BCUT2D eigenvalue weighted by atomic mass is 10.1. The lowest BCUT2D eigenvalue weighted by Gasteiger charge is -2.11. The SMILES string of the molecule is CN=C(NCCc1c[nH]c2ccccc12)NCC1CC1c1ccccc1. The van der Waals surface area contributed by atoms with Crippen molar-refractivity contribution in [1.82, 2.24) is 15.6 Å². The molecule has 2 atom stereocenters. The van der Waals surface area contributed by atoms with Gasteiger partial charge in [0, 0.05) is 37.2 Å². The average Bonchev–Trinajstić information content (AvgIpc) is 3.37. The zero-order valence-corrected chi connectivity index (χ0v) is 15.2. The number of para-hydroxylation sites is 1. The van der Waals surface area contributed by atoms with Gasteiger partial charge in [-0.05, 0) is 41.9 Å². The summed E-state index contributed by atoms with van der Waals surface area (Å²) < 4.78 is 0. The largest absolute Gasteiger partial charge is 0.361 e. The lowest BCUT2D eigenvalue weighted by Crippen LogP contribution is -2.39. The number of aliphatic imine (C=N–C) groups is 1. The summed E-state index contributed by atoms with van der Waals surface area (Å²) in [5, 5.41) is 8.22. The van der Waals surface area contributed by atoms with Gasteiger partial charge in [0.15, 0.2) is 5.96 Å². The zero-order valence-electron chi connectivity index (χ0n) is 15.2. The van der Waals surface area contributed by atoms with Crippen molar-refractivity contribution in [3.63, 3.8) is 0 Å². The molecule has 2 aromatic carbocycles. The molecular formula is C22H26N4. The van der Waals surface area contributed by atoms with E-state index in [1.54, 1.807) is 0 Å². The molecule has 0 saturated heterocycles. The van der Waals surface area contributed by atoms with Crippen molar-refractivity contribution in [2.45, 2.75) is 18.8 Å². The molecule has 0 bridgehead atoms. The van der Waals surface area contributed by atoms with Crippen molar-refractivity contribution < 1.29 is 0 Å². The molecular weight excluding hydrogens is 320 g/mol. The molecule has 1 aliphatic carbocycles. The molecule has 1 heterocycles. The second-order valence-electron chi connectivity index (χ2n) is 7.00. The van der Waals surface area contributed by atoms with Crippen LogP contribution in [0, 0.1) is 5.92 Å². The second-order valence-corrected chi connectivity index (χ2v) is 7.00. The monoisotopic (exact) mass is 346 g/mol. The Kier molecular flexibility index (Phi) is 4.91. The molecule has 4 rings (SSSR count). The molecule has 3 aromatic rings. The van der Waals surface area contributed by atoms with Crippen LogP contribution in [0.15, 0.2) is 65.8 Å². The fraction of sp³-hybridized carbons (Fsp3) is 0.318. The molecule has 1 aliphatic rings. The second kappa shape index (κ2) is 7.65. The van der Waals surface area contributed by atoms with Gasteiger partial charge in [0.2, 0.25) is 0 Å². The number of hydrogen-bond acceptors (Lipinski definition) is 1. The number of nitrogens with zero attached hydrogens (tertiary/aromatic N) is 1. The summed E-state index contributed by atoms with van der Waals surface area (Å²) in [7, 11) is 1.84. The van der Waals surface area contributed by atoms with Gasteiger partial charge in [0.05, 0.1) is 0 Å². The van der Waals surface area contributed by atoms with Crippen LogP contribution >= 0.6 is 0 Å².